The third-order valence-electron chi connectivity index (χ3n) is 4.63. The first-order chi connectivity index (χ1) is 13.7. The second-order valence-corrected chi connectivity index (χ2v) is 6.73. The Labute approximate surface area is 164 Å². The first kappa shape index (κ1) is 17.9. The van der Waals surface area contributed by atoms with Crippen LogP contribution in [0.5, 0.6) is 0 Å². The van der Waals surface area contributed by atoms with Gasteiger partial charge in [0.2, 0.25) is 5.91 Å². The highest BCUT2D eigenvalue weighted by Gasteiger charge is 2.13. The predicted octanol–water partition coefficient (Wildman–Crippen LogP) is 3.98. The van der Waals surface area contributed by atoms with Crippen LogP contribution < -0.4 is 5.32 Å². The largest absolute Gasteiger partial charge is 0.350 e. The first-order valence-corrected chi connectivity index (χ1v) is 9.42. The van der Waals surface area contributed by atoms with E-state index in [1.807, 2.05) is 61.5 Å². The lowest BCUT2D eigenvalue weighted by atomic mass is 10.2. The van der Waals surface area contributed by atoms with Crippen molar-refractivity contribution >= 4 is 16.9 Å². The summed E-state index contributed by atoms with van der Waals surface area (Å²) in [6, 6.07) is 24.0. The van der Waals surface area contributed by atoms with E-state index in [9.17, 15) is 4.79 Å². The molecule has 2 aromatic carbocycles. The van der Waals surface area contributed by atoms with Crippen LogP contribution in [0.1, 0.15) is 23.6 Å². The zero-order valence-electron chi connectivity index (χ0n) is 15.8. The highest BCUT2D eigenvalue weighted by molar-refractivity contribution is 5.79. The Balaban J connectivity index is 1.49. The number of amides is 1. The number of para-hydroxylation sites is 3. The molecule has 4 rings (SSSR count). The van der Waals surface area contributed by atoms with E-state index < -0.39 is 0 Å². The van der Waals surface area contributed by atoms with E-state index in [2.05, 4.69) is 33.1 Å². The lowest BCUT2D eigenvalue weighted by Gasteiger charge is -2.09. The maximum atomic E-state index is 12.4. The Morgan fingerprint density at radius 3 is 2.54 bits per heavy atom. The highest BCUT2D eigenvalue weighted by Crippen LogP contribution is 2.22. The van der Waals surface area contributed by atoms with Crippen LogP contribution in [0.15, 0.2) is 72.8 Å². The van der Waals surface area contributed by atoms with Crippen LogP contribution >= 0.6 is 0 Å². The predicted molar refractivity (Wildman–Crippen MR) is 110 cm³/mol. The summed E-state index contributed by atoms with van der Waals surface area (Å²) in [4.78, 5) is 21.5. The number of rotatable bonds is 6. The molecule has 0 aliphatic rings. The number of hydrogen-bond acceptors (Lipinski definition) is 3. The maximum Gasteiger partial charge on any atom is 0.220 e. The van der Waals surface area contributed by atoms with Crippen LogP contribution in [0.25, 0.3) is 16.7 Å². The van der Waals surface area contributed by atoms with Crippen molar-refractivity contribution in [2.45, 2.75) is 26.3 Å². The van der Waals surface area contributed by atoms with Gasteiger partial charge in [0.25, 0.3) is 0 Å². The number of fused-ring (bicyclic) bond motifs is 1. The second-order valence-electron chi connectivity index (χ2n) is 6.73. The van der Waals surface area contributed by atoms with E-state index in [-0.39, 0.29) is 5.91 Å². The molecule has 0 fully saturated rings. The molecule has 0 bridgehead atoms. The molecule has 5 nitrogen and oxygen atoms in total. The molecule has 140 valence electrons. The van der Waals surface area contributed by atoms with Gasteiger partial charge in [-0.05, 0) is 43.3 Å². The molecule has 0 saturated carbocycles. The minimum absolute atomic E-state index is 0.00465. The number of carbonyl (C=O) groups excluding carboxylic acids is 1. The first-order valence-electron chi connectivity index (χ1n) is 9.42. The van der Waals surface area contributed by atoms with Gasteiger partial charge >= 0.3 is 0 Å². The van der Waals surface area contributed by atoms with Crippen LogP contribution in [0.4, 0.5) is 0 Å². The number of hydrogen-bond donors (Lipinski definition) is 1. The van der Waals surface area contributed by atoms with Crippen LogP contribution in [0.3, 0.4) is 0 Å². The third kappa shape index (κ3) is 3.93. The van der Waals surface area contributed by atoms with Gasteiger partial charge in [-0.1, -0.05) is 36.4 Å². The number of aromatic nitrogens is 3. The maximum absolute atomic E-state index is 12.4. The Morgan fingerprint density at radius 2 is 1.71 bits per heavy atom. The zero-order valence-corrected chi connectivity index (χ0v) is 15.8. The summed E-state index contributed by atoms with van der Waals surface area (Å²) in [6.07, 6.45) is 0.943. The zero-order chi connectivity index (χ0) is 19.3. The van der Waals surface area contributed by atoms with Crippen molar-refractivity contribution in [1.29, 1.82) is 0 Å². The van der Waals surface area contributed by atoms with E-state index in [1.165, 1.54) is 0 Å². The summed E-state index contributed by atoms with van der Waals surface area (Å²) >= 11 is 0. The SMILES string of the molecule is Cc1cccc(CNC(=O)CCc2nc3ccccc3n2-c2ccccc2)n1. The lowest BCUT2D eigenvalue weighted by Crippen LogP contribution is -2.24. The molecule has 2 heterocycles. The fourth-order valence-electron chi connectivity index (χ4n) is 3.31. The quantitative estimate of drug-likeness (QED) is 0.558. The summed E-state index contributed by atoms with van der Waals surface area (Å²) in [7, 11) is 0. The van der Waals surface area contributed by atoms with Gasteiger partial charge in [0.1, 0.15) is 5.82 Å². The van der Waals surface area contributed by atoms with E-state index in [1.54, 1.807) is 0 Å². The van der Waals surface area contributed by atoms with Crippen molar-refractivity contribution < 1.29 is 4.79 Å². The minimum atomic E-state index is -0.00465. The molecule has 0 radical (unpaired) electrons. The topological polar surface area (TPSA) is 59.8 Å². The Hall–Kier alpha value is -3.47. The molecule has 0 saturated heterocycles. The van der Waals surface area contributed by atoms with Gasteiger partial charge in [-0.2, -0.15) is 0 Å². The molecule has 1 N–H and O–H groups in total. The smallest absolute Gasteiger partial charge is 0.220 e. The Morgan fingerprint density at radius 1 is 0.929 bits per heavy atom. The number of imidazole rings is 1. The summed E-state index contributed by atoms with van der Waals surface area (Å²) in [5.74, 6) is 0.881. The average molecular weight is 370 g/mol. The highest BCUT2D eigenvalue weighted by atomic mass is 16.1. The molecule has 0 atom stereocenters. The molecule has 0 unspecified atom stereocenters. The summed E-state index contributed by atoms with van der Waals surface area (Å²) in [6.45, 7) is 2.38. The van der Waals surface area contributed by atoms with Crippen LogP contribution in [0, 0.1) is 6.92 Å². The van der Waals surface area contributed by atoms with E-state index in [4.69, 9.17) is 4.98 Å². The van der Waals surface area contributed by atoms with Gasteiger partial charge in [0, 0.05) is 24.2 Å². The van der Waals surface area contributed by atoms with Gasteiger partial charge in [-0.25, -0.2) is 4.98 Å². The van der Waals surface area contributed by atoms with Crippen LogP contribution in [0.2, 0.25) is 0 Å². The number of aryl methyl sites for hydroxylation is 2. The molecule has 0 aliphatic heterocycles. The van der Waals surface area contributed by atoms with Crippen LogP contribution in [-0.4, -0.2) is 20.4 Å². The monoisotopic (exact) mass is 370 g/mol. The van der Waals surface area contributed by atoms with Gasteiger partial charge in [0.05, 0.1) is 23.3 Å². The van der Waals surface area contributed by atoms with Crippen LogP contribution in [-0.2, 0) is 17.8 Å². The third-order valence-corrected chi connectivity index (χ3v) is 4.63. The van der Waals surface area contributed by atoms with Crippen molar-refractivity contribution in [2.75, 3.05) is 0 Å². The van der Waals surface area contributed by atoms with E-state index >= 15 is 0 Å². The Kier molecular flexibility index (Phi) is 5.15. The van der Waals surface area contributed by atoms with Gasteiger partial charge in [-0.3, -0.25) is 14.3 Å². The molecule has 0 aliphatic carbocycles. The minimum Gasteiger partial charge on any atom is -0.350 e. The number of nitrogens with one attached hydrogen (secondary N) is 1. The van der Waals surface area contributed by atoms with Crippen molar-refractivity contribution in [3.63, 3.8) is 0 Å². The summed E-state index contributed by atoms with van der Waals surface area (Å²) in [5, 5.41) is 2.95. The molecule has 28 heavy (non-hydrogen) atoms. The van der Waals surface area contributed by atoms with Gasteiger partial charge in [-0.15, -0.1) is 0 Å². The number of nitrogens with zero attached hydrogens (tertiary/aromatic N) is 3. The second kappa shape index (κ2) is 8.05. The molecule has 1 amide bonds. The molecular formula is C23H22N4O. The van der Waals surface area contributed by atoms with Crippen molar-refractivity contribution in [3.05, 3.63) is 90.0 Å². The summed E-state index contributed by atoms with van der Waals surface area (Å²) < 4.78 is 2.13. The number of benzene rings is 2. The van der Waals surface area contributed by atoms with Gasteiger partial charge in [0.15, 0.2) is 0 Å². The fourth-order valence-corrected chi connectivity index (χ4v) is 3.31. The average Bonchev–Trinajstić information content (AvgIpc) is 3.10. The Bertz CT molecular complexity index is 1100. The summed E-state index contributed by atoms with van der Waals surface area (Å²) in [5.41, 5.74) is 4.85. The van der Waals surface area contributed by atoms with Crippen molar-refractivity contribution in [2.24, 2.45) is 0 Å². The van der Waals surface area contributed by atoms with Crippen molar-refractivity contribution in [1.82, 2.24) is 19.9 Å². The standard InChI is InChI=1S/C23H22N4O/c1-17-8-7-9-18(25-17)16-24-23(28)15-14-22-26-20-12-5-6-13-21(20)27(22)19-10-3-2-4-11-19/h2-13H,14-16H2,1H3,(H,24,28). The number of pyridine rings is 1. The van der Waals surface area contributed by atoms with Crippen molar-refractivity contribution in [3.8, 4) is 5.69 Å². The fraction of sp³-hybridized carbons (Fsp3) is 0.174. The van der Waals surface area contributed by atoms with E-state index in [0.717, 1.165) is 33.9 Å². The van der Waals surface area contributed by atoms with E-state index in [0.29, 0.717) is 19.4 Å². The molecule has 0 spiro atoms. The lowest BCUT2D eigenvalue weighted by molar-refractivity contribution is -0.121. The molecule has 5 heteroatoms. The van der Waals surface area contributed by atoms with Gasteiger partial charge < -0.3 is 5.32 Å². The normalized spacial score (nSPS) is 10.9. The molecular weight excluding hydrogens is 348 g/mol. The molecule has 2 aromatic heterocycles. The number of carbonyl (C=O) groups is 1. The molecule has 4 aromatic rings.